The predicted molar refractivity (Wildman–Crippen MR) is 128 cm³/mol. The maximum atomic E-state index is 14.7. The summed E-state index contributed by atoms with van der Waals surface area (Å²) in [6, 6.07) is 13.6. The molecule has 3 aromatic rings. The Hall–Kier alpha value is -2.72. The number of benzene rings is 3. The molecule has 3 aromatic carbocycles. The van der Waals surface area contributed by atoms with Gasteiger partial charge in [0, 0.05) is 36.9 Å². The van der Waals surface area contributed by atoms with Crippen molar-refractivity contribution in [2.24, 2.45) is 0 Å². The summed E-state index contributed by atoms with van der Waals surface area (Å²) in [6.07, 6.45) is 0. The zero-order valence-corrected chi connectivity index (χ0v) is 20.0. The van der Waals surface area contributed by atoms with Crippen molar-refractivity contribution in [3.63, 3.8) is 0 Å². The van der Waals surface area contributed by atoms with Crippen molar-refractivity contribution in [2.75, 3.05) is 36.4 Å². The average Bonchev–Trinajstić information content (AvgIpc) is 2.81. The van der Waals surface area contributed by atoms with E-state index in [4.69, 9.17) is 23.2 Å². The monoisotopic (exact) mass is 525 g/mol. The number of hydrogen-bond donors (Lipinski definition) is 1. The summed E-state index contributed by atoms with van der Waals surface area (Å²) in [5.41, 5.74) is 0.711. The molecule has 0 spiro atoms. The molecule has 0 aliphatic carbocycles. The summed E-state index contributed by atoms with van der Waals surface area (Å²) in [5, 5.41) is 2.84. The van der Waals surface area contributed by atoms with Crippen LogP contribution in [0.3, 0.4) is 0 Å². The number of carbonyl (C=O) groups is 1. The van der Waals surface area contributed by atoms with Crippen molar-refractivity contribution in [2.45, 2.75) is 4.90 Å². The Bertz CT molecular complexity index is 1330. The van der Waals surface area contributed by atoms with Crippen LogP contribution in [-0.2, 0) is 10.0 Å². The first-order valence-corrected chi connectivity index (χ1v) is 12.4. The molecule has 1 aliphatic rings. The van der Waals surface area contributed by atoms with E-state index in [-0.39, 0.29) is 40.1 Å². The molecule has 1 heterocycles. The van der Waals surface area contributed by atoms with Gasteiger partial charge in [-0.15, -0.1) is 0 Å². The van der Waals surface area contributed by atoms with E-state index in [2.05, 4.69) is 5.32 Å². The molecule has 1 amide bonds. The van der Waals surface area contributed by atoms with Gasteiger partial charge in [-0.25, -0.2) is 17.2 Å². The third-order valence-corrected chi connectivity index (χ3v) is 7.88. The van der Waals surface area contributed by atoms with Gasteiger partial charge in [0.05, 0.1) is 21.2 Å². The third kappa shape index (κ3) is 5.17. The summed E-state index contributed by atoms with van der Waals surface area (Å²) in [6.45, 7) is 1.19. The Morgan fingerprint density at radius 3 is 2.18 bits per heavy atom. The quantitative estimate of drug-likeness (QED) is 0.506. The molecule has 0 radical (unpaired) electrons. The fourth-order valence-electron chi connectivity index (χ4n) is 3.61. The predicted octanol–water partition coefficient (Wildman–Crippen LogP) is 5.03. The van der Waals surface area contributed by atoms with E-state index in [1.165, 1.54) is 46.8 Å². The maximum Gasteiger partial charge on any atom is 0.257 e. The number of rotatable bonds is 5. The molecule has 34 heavy (non-hydrogen) atoms. The number of nitrogens with zero attached hydrogens (tertiary/aromatic N) is 2. The maximum absolute atomic E-state index is 14.7. The standard InChI is InChI=1S/C23H19Cl2F2N3O3S/c24-15-1-7-19(20(25)13-15)23(31)28-22-8-6-18(14-21(22)27)34(32,33)30-11-9-29(10-12-30)17-4-2-16(26)3-5-17/h1-8,13-14H,9-12H2,(H,28,31). The topological polar surface area (TPSA) is 69.7 Å². The molecule has 178 valence electrons. The third-order valence-electron chi connectivity index (χ3n) is 5.43. The zero-order chi connectivity index (χ0) is 24.5. The van der Waals surface area contributed by atoms with Crippen molar-refractivity contribution in [1.82, 2.24) is 4.31 Å². The van der Waals surface area contributed by atoms with Crippen molar-refractivity contribution >= 4 is 50.5 Å². The highest BCUT2D eigenvalue weighted by atomic mass is 35.5. The van der Waals surface area contributed by atoms with Gasteiger partial charge in [-0.3, -0.25) is 4.79 Å². The number of anilines is 2. The van der Waals surface area contributed by atoms with Gasteiger partial charge in [0.2, 0.25) is 10.0 Å². The minimum absolute atomic E-state index is 0.0983. The van der Waals surface area contributed by atoms with Gasteiger partial charge < -0.3 is 10.2 Å². The highest BCUT2D eigenvalue weighted by Crippen LogP contribution is 2.26. The second-order valence-corrected chi connectivity index (χ2v) is 10.4. The van der Waals surface area contributed by atoms with Gasteiger partial charge in [0.15, 0.2) is 0 Å². The normalized spacial score (nSPS) is 14.8. The number of piperazine rings is 1. The van der Waals surface area contributed by atoms with Crippen LogP contribution < -0.4 is 10.2 Å². The van der Waals surface area contributed by atoms with E-state index >= 15 is 0 Å². The molecule has 0 unspecified atom stereocenters. The Balaban J connectivity index is 1.45. The van der Waals surface area contributed by atoms with E-state index in [1.54, 1.807) is 12.1 Å². The van der Waals surface area contributed by atoms with Gasteiger partial charge in [0.1, 0.15) is 11.6 Å². The summed E-state index contributed by atoms with van der Waals surface area (Å²) < 4.78 is 55.2. The fourth-order valence-corrected chi connectivity index (χ4v) is 5.54. The Morgan fingerprint density at radius 1 is 0.882 bits per heavy atom. The zero-order valence-electron chi connectivity index (χ0n) is 17.6. The second-order valence-electron chi connectivity index (χ2n) is 7.59. The molecule has 0 atom stereocenters. The van der Waals surface area contributed by atoms with Crippen LogP contribution in [0.4, 0.5) is 20.2 Å². The summed E-state index contributed by atoms with van der Waals surface area (Å²) >= 11 is 11.8. The van der Waals surface area contributed by atoms with Crippen LogP contribution in [0.25, 0.3) is 0 Å². The van der Waals surface area contributed by atoms with Crippen molar-refractivity contribution in [3.8, 4) is 0 Å². The first-order valence-electron chi connectivity index (χ1n) is 10.2. The van der Waals surface area contributed by atoms with Gasteiger partial charge in [0.25, 0.3) is 5.91 Å². The van der Waals surface area contributed by atoms with Crippen LogP contribution in [0.2, 0.25) is 10.0 Å². The number of nitrogens with one attached hydrogen (secondary N) is 1. The number of hydrogen-bond acceptors (Lipinski definition) is 4. The lowest BCUT2D eigenvalue weighted by Gasteiger charge is -2.35. The number of amides is 1. The Kier molecular flexibility index (Phi) is 7.09. The molecule has 4 rings (SSSR count). The van der Waals surface area contributed by atoms with Gasteiger partial charge in [-0.2, -0.15) is 4.31 Å². The molecule has 0 bridgehead atoms. The highest BCUT2D eigenvalue weighted by Gasteiger charge is 2.29. The Morgan fingerprint density at radius 2 is 1.56 bits per heavy atom. The van der Waals surface area contributed by atoms with Gasteiger partial charge >= 0.3 is 0 Å². The van der Waals surface area contributed by atoms with E-state index < -0.39 is 21.7 Å². The average molecular weight is 526 g/mol. The molecule has 11 heteroatoms. The lowest BCUT2D eigenvalue weighted by atomic mass is 10.2. The van der Waals surface area contributed by atoms with Gasteiger partial charge in [-0.05, 0) is 60.7 Å². The molecular weight excluding hydrogens is 507 g/mol. The first kappa shape index (κ1) is 24.4. The molecule has 1 aliphatic heterocycles. The van der Waals surface area contributed by atoms with Crippen LogP contribution in [0.5, 0.6) is 0 Å². The molecule has 1 fully saturated rings. The second kappa shape index (κ2) is 9.87. The van der Waals surface area contributed by atoms with Crippen LogP contribution >= 0.6 is 23.2 Å². The van der Waals surface area contributed by atoms with Crippen molar-refractivity contribution < 1.29 is 22.0 Å². The molecule has 1 N–H and O–H groups in total. The minimum Gasteiger partial charge on any atom is -0.369 e. The van der Waals surface area contributed by atoms with E-state index in [0.717, 1.165) is 11.8 Å². The molecule has 1 saturated heterocycles. The van der Waals surface area contributed by atoms with Crippen LogP contribution in [0.15, 0.2) is 65.6 Å². The highest BCUT2D eigenvalue weighted by molar-refractivity contribution is 7.89. The van der Waals surface area contributed by atoms with Crippen molar-refractivity contribution in [1.29, 1.82) is 0 Å². The summed E-state index contributed by atoms with van der Waals surface area (Å²) in [4.78, 5) is 14.2. The molecule has 6 nitrogen and oxygen atoms in total. The lowest BCUT2D eigenvalue weighted by Crippen LogP contribution is -2.48. The van der Waals surface area contributed by atoms with Gasteiger partial charge in [-0.1, -0.05) is 23.2 Å². The molecule has 0 saturated carbocycles. The summed E-state index contributed by atoms with van der Waals surface area (Å²) in [7, 11) is -3.95. The largest absolute Gasteiger partial charge is 0.369 e. The van der Waals surface area contributed by atoms with E-state index in [0.29, 0.717) is 18.1 Å². The van der Waals surface area contributed by atoms with Crippen LogP contribution in [0.1, 0.15) is 10.4 Å². The lowest BCUT2D eigenvalue weighted by molar-refractivity contribution is 0.102. The minimum atomic E-state index is -3.95. The summed E-state index contributed by atoms with van der Waals surface area (Å²) in [5.74, 6) is -1.90. The van der Waals surface area contributed by atoms with E-state index in [1.807, 2.05) is 4.90 Å². The first-order chi connectivity index (χ1) is 16.1. The number of halogens is 4. The smallest absolute Gasteiger partial charge is 0.257 e. The fraction of sp³-hybridized carbons (Fsp3) is 0.174. The molecular formula is C23H19Cl2F2N3O3S. The number of carbonyl (C=O) groups excluding carboxylic acids is 1. The van der Waals surface area contributed by atoms with Crippen LogP contribution in [0, 0.1) is 11.6 Å². The number of sulfonamides is 1. The molecule has 0 aromatic heterocycles. The van der Waals surface area contributed by atoms with E-state index in [9.17, 15) is 22.0 Å². The SMILES string of the molecule is O=C(Nc1ccc(S(=O)(=O)N2CCN(c3ccc(F)cc3)CC2)cc1F)c1ccc(Cl)cc1Cl. The van der Waals surface area contributed by atoms with Crippen molar-refractivity contribution in [3.05, 3.63) is 87.9 Å². The van der Waals surface area contributed by atoms with Crippen LogP contribution in [-0.4, -0.2) is 44.8 Å². The Labute approximate surface area is 205 Å².